The monoisotopic (exact) mass is 263 g/mol. The molecule has 0 aliphatic carbocycles. The van der Waals surface area contributed by atoms with E-state index in [9.17, 15) is 9.59 Å². The molecule has 2 N–H and O–H groups in total. The summed E-state index contributed by atoms with van der Waals surface area (Å²) in [4.78, 5) is 21.6. The molecule has 102 valence electrons. The molecule has 5 nitrogen and oxygen atoms in total. The molecule has 0 bridgehead atoms. The van der Waals surface area contributed by atoms with Gasteiger partial charge in [0, 0.05) is 12.6 Å². The molecule has 0 aromatic heterocycles. The van der Waals surface area contributed by atoms with E-state index >= 15 is 0 Å². The van der Waals surface area contributed by atoms with Crippen LogP contribution in [-0.2, 0) is 9.59 Å². The maximum atomic E-state index is 11.2. The van der Waals surface area contributed by atoms with Gasteiger partial charge in [-0.3, -0.25) is 4.79 Å². The third-order valence-corrected chi connectivity index (χ3v) is 2.25. The van der Waals surface area contributed by atoms with Crippen molar-refractivity contribution in [2.45, 2.75) is 13.3 Å². The van der Waals surface area contributed by atoms with Crippen molar-refractivity contribution in [3.8, 4) is 5.75 Å². The third kappa shape index (κ3) is 6.26. The number of carbonyl (C=O) groups is 2. The fraction of sp³-hybridized carbons (Fsp3) is 0.286. The molecule has 1 aromatic carbocycles. The van der Waals surface area contributed by atoms with Gasteiger partial charge in [-0.2, -0.15) is 0 Å². The molecule has 1 rings (SSSR count). The van der Waals surface area contributed by atoms with Crippen molar-refractivity contribution in [2.75, 3.05) is 13.2 Å². The molecular weight excluding hydrogens is 246 g/mol. The molecule has 0 radical (unpaired) electrons. The summed E-state index contributed by atoms with van der Waals surface area (Å²) in [6.45, 7) is 2.75. The number of amides is 1. The molecule has 0 unspecified atom stereocenters. The lowest BCUT2D eigenvalue weighted by atomic mass is 10.2. The lowest BCUT2D eigenvalue weighted by molar-refractivity contribution is -0.131. The van der Waals surface area contributed by atoms with Gasteiger partial charge in [-0.05, 0) is 30.7 Å². The maximum absolute atomic E-state index is 11.2. The van der Waals surface area contributed by atoms with Crippen LogP contribution < -0.4 is 10.1 Å². The number of nitrogens with one attached hydrogen (secondary N) is 1. The van der Waals surface area contributed by atoms with E-state index in [1.807, 2.05) is 6.92 Å². The average Bonchev–Trinajstić information content (AvgIpc) is 2.37. The zero-order valence-corrected chi connectivity index (χ0v) is 10.8. The highest BCUT2D eigenvalue weighted by Crippen LogP contribution is 2.14. The Morgan fingerprint density at radius 2 is 2.21 bits per heavy atom. The van der Waals surface area contributed by atoms with Crippen molar-refractivity contribution in [1.29, 1.82) is 0 Å². The van der Waals surface area contributed by atoms with Crippen LogP contribution in [0.15, 0.2) is 30.3 Å². The zero-order chi connectivity index (χ0) is 14.1. The standard InChI is InChI=1S/C14H17NO4/c1-2-15-13(16)8-9-19-12-5-3-4-11(10-12)6-7-14(17)18/h3-7,10H,2,8-9H2,1H3,(H,15,16)(H,17,18). The first-order valence-corrected chi connectivity index (χ1v) is 6.02. The Morgan fingerprint density at radius 3 is 2.89 bits per heavy atom. The van der Waals surface area contributed by atoms with Gasteiger partial charge < -0.3 is 15.2 Å². The fourth-order valence-electron chi connectivity index (χ4n) is 1.42. The summed E-state index contributed by atoms with van der Waals surface area (Å²) >= 11 is 0. The molecule has 19 heavy (non-hydrogen) atoms. The van der Waals surface area contributed by atoms with Crippen LogP contribution in [0.4, 0.5) is 0 Å². The molecule has 0 spiro atoms. The molecular formula is C14H17NO4. The minimum absolute atomic E-state index is 0.0515. The van der Waals surface area contributed by atoms with E-state index in [0.29, 0.717) is 18.7 Å². The largest absolute Gasteiger partial charge is 0.493 e. The molecule has 0 aliphatic heterocycles. The molecule has 0 aliphatic rings. The van der Waals surface area contributed by atoms with Crippen molar-refractivity contribution in [2.24, 2.45) is 0 Å². The quantitative estimate of drug-likeness (QED) is 0.734. The lowest BCUT2D eigenvalue weighted by Crippen LogP contribution is -2.24. The normalized spacial score (nSPS) is 10.4. The van der Waals surface area contributed by atoms with Crippen LogP contribution in [0.3, 0.4) is 0 Å². The number of benzene rings is 1. The average molecular weight is 263 g/mol. The SMILES string of the molecule is CCNC(=O)CCOc1cccc(C=CC(=O)O)c1. The second-order valence-electron chi connectivity index (χ2n) is 3.80. The molecule has 5 heteroatoms. The summed E-state index contributed by atoms with van der Waals surface area (Å²) in [5, 5.41) is 11.2. The molecule has 0 atom stereocenters. The number of hydrogen-bond donors (Lipinski definition) is 2. The van der Waals surface area contributed by atoms with Gasteiger partial charge in [-0.15, -0.1) is 0 Å². The number of carboxylic acid groups (broad SMARTS) is 1. The van der Waals surface area contributed by atoms with Crippen LogP contribution in [-0.4, -0.2) is 30.1 Å². The molecule has 0 saturated carbocycles. The van der Waals surface area contributed by atoms with E-state index < -0.39 is 5.97 Å². The van der Waals surface area contributed by atoms with Crippen LogP contribution in [0.2, 0.25) is 0 Å². The minimum atomic E-state index is -0.998. The number of carboxylic acids is 1. The fourth-order valence-corrected chi connectivity index (χ4v) is 1.42. The van der Waals surface area contributed by atoms with Crippen LogP contribution >= 0.6 is 0 Å². The first kappa shape index (κ1) is 14.8. The number of hydrogen-bond acceptors (Lipinski definition) is 3. The van der Waals surface area contributed by atoms with Crippen LogP contribution in [0.5, 0.6) is 5.75 Å². The van der Waals surface area contributed by atoms with Gasteiger partial charge in [0.05, 0.1) is 13.0 Å². The molecule has 0 fully saturated rings. The third-order valence-electron chi connectivity index (χ3n) is 2.25. The Labute approximate surface area is 111 Å². The van der Waals surface area contributed by atoms with Crippen molar-refractivity contribution in [3.05, 3.63) is 35.9 Å². The van der Waals surface area contributed by atoms with E-state index in [2.05, 4.69) is 5.32 Å². The van der Waals surface area contributed by atoms with Crippen molar-refractivity contribution in [3.63, 3.8) is 0 Å². The smallest absolute Gasteiger partial charge is 0.328 e. The van der Waals surface area contributed by atoms with Crippen molar-refractivity contribution < 1.29 is 19.4 Å². The highest BCUT2D eigenvalue weighted by Gasteiger charge is 2.00. The first-order valence-electron chi connectivity index (χ1n) is 6.02. The van der Waals surface area contributed by atoms with Gasteiger partial charge in [0.15, 0.2) is 0 Å². The maximum Gasteiger partial charge on any atom is 0.328 e. The first-order chi connectivity index (χ1) is 9.11. The zero-order valence-electron chi connectivity index (χ0n) is 10.8. The molecule has 0 saturated heterocycles. The Morgan fingerprint density at radius 1 is 1.42 bits per heavy atom. The Kier molecular flexibility index (Phi) is 6.15. The van der Waals surface area contributed by atoms with E-state index in [1.54, 1.807) is 24.3 Å². The van der Waals surface area contributed by atoms with Crippen molar-refractivity contribution in [1.82, 2.24) is 5.32 Å². The van der Waals surface area contributed by atoms with Crippen LogP contribution in [0.25, 0.3) is 6.08 Å². The Hall–Kier alpha value is -2.30. The summed E-state index contributed by atoms with van der Waals surface area (Å²) in [5.74, 6) is -0.441. The lowest BCUT2D eigenvalue weighted by Gasteiger charge is -2.06. The molecule has 1 amide bonds. The number of carbonyl (C=O) groups excluding carboxylic acids is 1. The van der Waals surface area contributed by atoms with Crippen molar-refractivity contribution >= 4 is 18.0 Å². The van der Waals surface area contributed by atoms with E-state index in [0.717, 1.165) is 11.6 Å². The van der Waals surface area contributed by atoms with Gasteiger partial charge in [-0.25, -0.2) is 4.79 Å². The molecule has 0 heterocycles. The highest BCUT2D eigenvalue weighted by atomic mass is 16.5. The Balaban J connectivity index is 2.48. The summed E-state index contributed by atoms with van der Waals surface area (Å²) < 4.78 is 5.43. The van der Waals surface area contributed by atoms with Crippen LogP contribution in [0.1, 0.15) is 18.9 Å². The number of aliphatic carboxylic acids is 1. The second-order valence-corrected chi connectivity index (χ2v) is 3.80. The van der Waals surface area contributed by atoms with Gasteiger partial charge >= 0.3 is 5.97 Å². The van der Waals surface area contributed by atoms with Gasteiger partial charge in [0.25, 0.3) is 0 Å². The van der Waals surface area contributed by atoms with Gasteiger partial charge in [-0.1, -0.05) is 12.1 Å². The van der Waals surface area contributed by atoms with Gasteiger partial charge in [0.1, 0.15) is 5.75 Å². The predicted molar refractivity (Wildman–Crippen MR) is 71.9 cm³/mol. The van der Waals surface area contributed by atoms with Crippen LogP contribution in [0, 0.1) is 0 Å². The number of ether oxygens (including phenoxy) is 1. The topological polar surface area (TPSA) is 75.6 Å². The predicted octanol–water partition coefficient (Wildman–Crippen LogP) is 1.69. The second kappa shape index (κ2) is 7.92. The molecule has 1 aromatic rings. The van der Waals surface area contributed by atoms with E-state index in [4.69, 9.17) is 9.84 Å². The van der Waals surface area contributed by atoms with E-state index in [-0.39, 0.29) is 12.5 Å². The van der Waals surface area contributed by atoms with Gasteiger partial charge in [0.2, 0.25) is 5.91 Å². The Bertz CT molecular complexity index is 468. The summed E-state index contributed by atoms with van der Waals surface area (Å²) in [6, 6.07) is 7.02. The summed E-state index contributed by atoms with van der Waals surface area (Å²) in [6.07, 6.45) is 2.84. The summed E-state index contributed by atoms with van der Waals surface area (Å²) in [5.41, 5.74) is 0.734. The highest BCUT2D eigenvalue weighted by molar-refractivity contribution is 5.85. The van der Waals surface area contributed by atoms with E-state index in [1.165, 1.54) is 6.08 Å². The number of rotatable bonds is 7. The minimum Gasteiger partial charge on any atom is -0.493 e. The summed E-state index contributed by atoms with van der Waals surface area (Å²) in [7, 11) is 0.